The third kappa shape index (κ3) is 3.59. The van der Waals surface area contributed by atoms with Crippen LogP contribution >= 0.6 is 0 Å². The molecule has 128 valence electrons. The molecule has 0 bridgehead atoms. The van der Waals surface area contributed by atoms with Gasteiger partial charge in [0.15, 0.2) is 0 Å². The van der Waals surface area contributed by atoms with Gasteiger partial charge in [0.05, 0.1) is 19.9 Å². The Labute approximate surface area is 141 Å². The van der Waals surface area contributed by atoms with E-state index >= 15 is 0 Å². The Hall–Kier alpha value is -2.34. The van der Waals surface area contributed by atoms with E-state index in [4.69, 9.17) is 9.47 Å². The molecule has 6 nitrogen and oxygen atoms in total. The van der Waals surface area contributed by atoms with E-state index in [1.807, 2.05) is 25.1 Å². The van der Waals surface area contributed by atoms with E-state index in [2.05, 4.69) is 14.9 Å². The number of aromatic amines is 1. The number of H-pyrrole nitrogens is 1. The normalized spacial score (nSPS) is 17.9. The molecule has 2 heterocycles. The Morgan fingerprint density at radius 1 is 1.29 bits per heavy atom. The maximum absolute atomic E-state index is 11.7. The molecule has 0 radical (unpaired) electrons. The molecule has 0 saturated carbocycles. The van der Waals surface area contributed by atoms with Crippen molar-refractivity contribution in [2.75, 3.05) is 27.3 Å². The fraction of sp³-hybridized carbons (Fsp3) is 0.444. The van der Waals surface area contributed by atoms with Gasteiger partial charge in [-0.25, -0.2) is 4.98 Å². The molecule has 1 aromatic carbocycles. The minimum absolute atomic E-state index is 0.0783. The summed E-state index contributed by atoms with van der Waals surface area (Å²) in [6.45, 7) is 4.46. The van der Waals surface area contributed by atoms with E-state index in [9.17, 15) is 4.79 Å². The third-order valence-corrected chi connectivity index (χ3v) is 4.45. The van der Waals surface area contributed by atoms with Crippen molar-refractivity contribution in [2.24, 2.45) is 0 Å². The maximum Gasteiger partial charge on any atom is 0.251 e. The van der Waals surface area contributed by atoms with Crippen molar-refractivity contribution in [2.45, 2.75) is 25.8 Å². The van der Waals surface area contributed by atoms with Gasteiger partial charge in [-0.3, -0.25) is 9.69 Å². The Morgan fingerprint density at radius 3 is 2.83 bits per heavy atom. The van der Waals surface area contributed by atoms with Crippen molar-refractivity contribution in [1.82, 2.24) is 14.9 Å². The summed E-state index contributed by atoms with van der Waals surface area (Å²) in [7, 11) is 3.35. The number of aryl methyl sites for hydroxylation is 1. The van der Waals surface area contributed by atoms with Crippen LogP contribution < -0.4 is 15.0 Å². The zero-order valence-electron chi connectivity index (χ0n) is 14.3. The van der Waals surface area contributed by atoms with Crippen LogP contribution in [0.4, 0.5) is 0 Å². The van der Waals surface area contributed by atoms with E-state index < -0.39 is 0 Å². The fourth-order valence-corrected chi connectivity index (χ4v) is 3.28. The molecular weight excluding hydrogens is 306 g/mol. The van der Waals surface area contributed by atoms with E-state index in [-0.39, 0.29) is 5.56 Å². The lowest BCUT2D eigenvalue weighted by Crippen LogP contribution is -2.21. The lowest BCUT2D eigenvalue weighted by molar-refractivity contribution is 0.315. The van der Waals surface area contributed by atoms with E-state index in [0.29, 0.717) is 11.7 Å². The third-order valence-electron chi connectivity index (χ3n) is 4.45. The van der Waals surface area contributed by atoms with Crippen LogP contribution in [0.3, 0.4) is 0 Å². The van der Waals surface area contributed by atoms with Gasteiger partial charge in [0.1, 0.15) is 17.3 Å². The summed E-state index contributed by atoms with van der Waals surface area (Å²) in [5.74, 6) is 2.66. The molecule has 1 atom stereocenters. The predicted molar refractivity (Wildman–Crippen MR) is 91.8 cm³/mol. The Morgan fingerprint density at radius 2 is 2.12 bits per heavy atom. The topological polar surface area (TPSA) is 67.5 Å². The molecule has 1 fully saturated rings. The average Bonchev–Trinajstić information content (AvgIpc) is 3.02. The lowest BCUT2D eigenvalue weighted by atomic mass is 10.0. The van der Waals surface area contributed by atoms with Crippen LogP contribution in [-0.2, 0) is 6.54 Å². The fourth-order valence-electron chi connectivity index (χ4n) is 3.28. The first-order chi connectivity index (χ1) is 11.6. The number of rotatable bonds is 5. The monoisotopic (exact) mass is 329 g/mol. The zero-order chi connectivity index (χ0) is 17.1. The number of hydrogen-bond donors (Lipinski definition) is 1. The maximum atomic E-state index is 11.7. The van der Waals surface area contributed by atoms with E-state index in [1.54, 1.807) is 20.3 Å². The number of methoxy groups -OCH3 is 2. The second-order valence-electron chi connectivity index (χ2n) is 6.15. The Bertz CT molecular complexity index is 772. The largest absolute Gasteiger partial charge is 0.497 e. The van der Waals surface area contributed by atoms with Gasteiger partial charge in [0.2, 0.25) is 0 Å². The highest BCUT2D eigenvalue weighted by atomic mass is 16.5. The number of nitrogens with zero attached hydrogens (tertiary/aromatic N) is 2. The number of ether oxygens (including phenoxy) is 2. The van der Waals surface area contributed by atoms with Crippen LogP contribution in [0.1, 0.15) is 29.4 Å². The number of hydrogen-bond acceptors (Lipinski definition) is 5. The summed E-state index contributed by atoms with van der Waals surface area (Å²) in [5.41, 5.74) is 1.91. The van der Waals surface area contributed by atoms with Crippen LogP contribution in [0.25, 0.3) is 0 Å². The van der Waals surface area contributed by atoms with Gasteiger partial charge < -0.3 is 14.5 Å². The SMILES string of the molecule is COc1ccc(OC)c(CN2CC[C@H](c3cc(=O)[nH]c(C)n3)C2)c1. The molecule has 1 N–H and O–H groups in total. The summed E-state index contributed by atoms with van der Waals surface area (Å²) < 4.78 is 10.8. The first kappa shape index (κ1) is 16.5. The van der Waals surface area contributed by atoms with Crippen LogP contribution in [0.15, 0.2) is 29.1 Å². The second kappa shape index (κ2) is 7.05. The van der Waals surface area contributed by atoms with E-state index in [0.717, 1.165) is 48.8 Å². The van der Waals surface area contributed by atoms with Crippen molar-refractivity contribution in [3.05, 3.63) is 51.7 Å². The minimum Gasteiger partial charge on any atom is -0.497 e. The molecule has 1 saturated heterocycles. The summed E-state index contributed by atoms with van der Waals surface area (Å²) in [6.07, 6.45) is 1.00. The number of nitrogens with one attached hydrogen (secondary N) is 1. The van der Waals surface area contributed by atoms with Gasteiger partial charge in [-0.15, -0.1) is 0 Å². The second-order valence-corrected chi connectivity index (χ2v) is 6.15. The smallest absolute Gasteiger partial charge is 0.251 e. The van der Waals surface area contributed by atoms with Crippen LogP contribution in [-0.4, -0.2) is 42.2 Å². The molecule has 6 heteroatoms. The lowest BCUT2D eigenvalue weighted by Gasteiger charge is -2.18. The Balaban J connectivity index is 1.73. The first-order valence-corrected chi connectivity index (χ1v) is 8.10. The molecule has 3 rings (SSSR count). The minimum atomic E-state index is -0.0783. The van der Waals surface area contributed by atoms with Crippen molar-refractivity contribution < 1.29 is 9.47 Å². The van der Waals surface area contributed by atoms with Gasteiger partial charge in [-0.2, -0.15) is 0 Å². The summed E-state index contributed by atoms with van der Waals surface area (Å²) in [4.78, 5) is 21.2. The van der Waals surface area contributed by atoms with Gasteiger partial charge in [0, 0.05) is 30.6 Å². The Kier molecular flexibility index (Phi) is 4.85. The molecular formula is C18H23N3O3. The number of likely N-dealkylation sites (tertiary alicyclic amines) is 1. The average molecular weight is 329 g/mol. The standard InChI is InChI=1S/C18H23N3O3/c1-12-19-16(9-18(22)20-12)13-6-7-21(10-13)11-14-8-15(23-2)4-5-17(14)24-3/h4-5,8-9,13H,6-7,10-11H2,1-3H3,(H,19,20,22)/t13-/m0/s1. The van der Waals surface area contributed by atoms with Crippen LogP contribution in [0, 0.1) is 6.92 Å². The molecule has 2 aromatic rings. The molecule has 1 aromatic heterocycles. The van der Waals surface area contributed by atoms with Crippen molar-refractivity contribution >= 4 is 0 Å². The molecule has 0 spiro atoms. The van der Waals surface area contributed by atoms with Crippen molar-refractivity contribution in [1.29, 1.82) is 0 Å². The van der Waals surface area contributed by atoms with Crippen molar-refractivity contribution in [3.8, 4) is 11.5 Å². The van der Waals surface area contributed by atoms with Gasteiger partial charge in [-0.05, 0) is 38.1 Å². The first-order valence-electron chi connectivity index (χ1n) is 8.10. The van der Waals surface area contributed by atoms with Gasteiger partial charge in [-0.1, -0.05) is 0 Å². The predicted octanol–water partition coefficient (Wildman–Crippen LogP) is 2.09. The number of benzene rings is 1. The number of aromatic nitrogens is 2. The highest BCUT2D eigenvalue weighted by Crippen LogP contribution is 2.30. The molecule has 0 unspecified atom stereocenters. The van der Waals surface area contributed by atoms with Gasteiger partial charge in [0.25, 0.3) is 5.56 Å². The summed E-state index contributed by atoms with van der Waals surface area (Å²) in [6, 6.07) is 7.47. The quantitative estimate of drug-likeness (QED) is 0.910. The van der Waals surface area contributed by atoms with Gasteiger partial charge >= 0.3 is 0 Å². The highest BCUT2D eigenvalue weighted by Gasteiger charge is 2.26. The van der Waals surface area contributed by atoms with Crippen LogP contribution in [0.2, 0.25) is 0 Å². The molecule has 0 aliphatic carbocycles. The van der Waals surface area contributed by atoms with Crippen LogP contribution in [0.5, 0.6) is 11.5 Å². The van der Waals surface area contributed by atoms with E-state index in [1.165, 1.54) is 0 Å². The summed E-state index contributed by atoms with van der Waals surface area (Å²) in [5, 5.41) is 0. The highest BCUT2D eigenvalue weighted by molar-refractivity contribution is 5.40. The molecule has 24 heavy (non-hydrogen) atoms. The van der Waals surface area contributed by atoms with Crippen molar-refractivity contribution in [3.63, 3.8) is 0 Å². The zero-order valence-corrected chi connectivity index (χ0v) is 14.3. The molecule has 1 aliphatic rings. The molecule has 0 amide bonds. The molecule has 1 aliphatic heterocycles. The summed E-state index contributed by atoms with van der Waals surface area (Å²) >= 11 is 0.